The van der Waals surface area contributed by atoms with Crippen LogP contribution in [0.3, 0.4) is 0 Å². The highest BCUT2D eigenvalue weighted by molar-refractivity contribution is 9.09. The lowest BCUT2D eigenvalue weighted by Gasteiger charge is -2.27. The number of rotatable bonds is 5. The summed E-state index contributed by atoms with van der Waals surface area (Å²) in [5, 5.41) is 1.06. The molecular weight excluding hydrogens is 272 g/mol. The zero-order valence-corrected chi connectivity index (χ0v) is 13.4. The topological polar surface area (TPSA) is 0 Å². The molecule has 0 aliphatic rings. The van der Waals surface area contributed by atoms with Crippen molar-refractivity contribution < 1.29 is 0 Å². The van der Waals surface area contributed by atoms with Crippen molar-refractivity contribution in [1.29, 1.82) is 0 Å². The van der Waals surface area contributed by atoms with E-state index in [0.717, 1.165) is 5.33 Å². The molecule has 0 spiro atoms. The minimum absolute atomic E-state index is 0.262. The fourth-order valence-electron chi connectivity index (χ4n) is 1.96. The molecule has 1 heteroatoms. The van der Waals surface area contributed by atoms with Gasteiger partial charge in [-0.25, -0.2) is 0 Å². The highest BCUT2D eigenvalue weighted by Crippen LogP contribution is 2.31. The summed E-state index contributed by atoms with van der Waals surface area (Å²) >= 11 is 3.54. The van der Waals surface area contributed by atoms with E-state index in [9.17, 15) is 0 Å². The van der Waals surface area contributed by atoms with Crippen molar-refractivity contribution in [3.63, 3.8) is 0 Å². The van der Waals surface area contributed by atoms with Crippen molar-refractivity contribution in [2.75, 3.05) is 5.33 Å². The van der Waals surface area contributed by atoms with Crippen LogP contribution < -0.4 is 0 Å². The van der Waals surface area contributed by atoms with Crippen LogP contribution in [0.25, 0.3) is 0 Å². The molecule has 0 aliphatic carbocycles. The van der Waals surface area contributed by atoms with Crippen molar-refractivity contribution in [2.45, 2.75) is 58.3 Å². The van der Waals surface area contributed by atoms with Crippen LogP contribution >= 0.6 is 15.9 Å². The van der Waals surface area contributed by atoms with Gasteiger partial charge in [-0.05, 0) is 34.8 Å². The van der Waals surface area contributed by atoms with Gasteiger partial charge in [0.15, 0.2) is 0 Å². The molecule has 96 valence electrons. The Balaban J connectivity index is 2.96. The molecule has 0 saturated heterocycles. The first-order valence-electron chi connectivity index (χ1n) is 6.50. The normalized spacial score (nSPS) is 12.8. The third-order valence-corrected chi connectivity index (χ3v) is 4.45. The summed E-state index contributed by atoms with van der Waals surface area (Å²) in [6.07, 6.45) is 2.35. The van der Waals surface area contributed by atoms with Gasteiger partial charge in [0.1, 0.15) is 0 Å². The molecule has 0 heterocycles. The van der Waals surface area contributed by atoms with Gasteiger partial charge < -0.3 is 0 Å². The second-order valence-electron chi connectivity index (χ2n) is 6.14. The first-order chi connectivity index (χ1) is 7.83. The molecule has 0 nitrogen and oxygen atoms in total. The molecule has 0 fully saturated rings. The molecule has 0 bridgehead atoms. The van der Waals surface area contributed by atoms with E-state index in [4.69, 9.17) is 0 Å². The van der Waals surface area contributed by atoms with Crippen LogP contribution in [0.15, 0.2) is 24.3 Å². The Bertz CT molecular complexity index is 346. The Morgan fingerprint density at radius 1 is 0.882 bits per heavy atom. The van der Waals surface area contributed by atoms with Crippen LogP contribution in [0.4, 0.5) is 0 Å². The lowest BCUT2D eigenvalue weighted by Crippen LogP contribution is -2.19. The molecule has 0 radical (unpaired) electrons. The van der Waals surface area contributed by atoms with Crippen molar-refractivity contribution in [3.8, 4) is 0 Å². The molecule has 1 aromatic carbocycles. The molecule has 0 saturated carbocycles. The fourth-order valence-corrected chi connectivity index (χ4v) is 2.95. The highest BCUT2D eigenvalue weighted by atomic mass is 79.9. The van der Waals surface area contributed by atoms with Crippen molar-refractivity contribution >= 4 is 15.9 Å². The summed E-state index contributed by atoms with van der Waals surface area (Å²) in [6.45, 7) is 11.5. The Morgan fingerprint density at radius 3 is 1.65 bits per heavy atom. The van der Waals surface area contributed by atoms with E-state index >= 15 is 0 Å². The largest absolute Gasteiger partial charge is 0.0928 e. The van der Waals surface area contributed by atoms with E-state index in [1.54, 1.807) is 0 Å². The van der Waals surface area contributed by atoms with Crippen LogP contribution in [0.2, 0.25) is 0 Å². The quantitative estimate of drug-likeness (QED) is 0.635. The standard InChI is InChI=1S/C16H25Br/c1-6-15(2,3)13-7-9-14(10-8-13)16(4,5)11-12-17/h7-10H,6,11-12H2,1-5H3. The number of alkyl halides is 1. The second kappa shape index (κ2) is 5.56. The zero-order valence-electron chi connectivity index (χ0n) is 11.8. The van der Waals surface area contributed by atoms with Crippen LogP contribution in [0.1, 0.15) is 58.6 Å². The van der Waals surface area contributed by atoms with Crippen LogP contribution in [0, 0.1) is 0 Å². The Labute approximate surface area is 115 Å². The molecule has 0 amide bonds. The highest BCUT2D eigenvalue weighted by Gasteiger charge is 2.22. The van der Waals surface area contributed by atoms with E-state index in [0.29, 0.717) is 0 Å². The molecule has 0 unspecified atom stereocenters. The SMILES string of the molecule is CCC(C)(C)c1ccc(C(C)(C)CCBr)cc1. The maximum absolute atomic E-state index is 3.54. The molecule has 0 N–H and O–H groups in total. The average molecular weight is 297 g/mol. The monoisotopic (exact) mass is 296 g/mol. The fraction of sp³-hybridized carbons (Fsp3) is 0.625. The van der Waals surface area contributed by atoms with E-state index < -0.39 is 0 Å². The van der Waals surface area contributed by atoms with Crippen molar-refractivity contribution in [1.82, 2.24) is 0 Å². The second-order valence-corrected chi connectivity index (χ2v) is 6.93. The summed E-state index contributed by atoms with van der Waals surface area (Å²) in [5.74, 6) is 0. The van der Waals surface area contributed by atoms with Gasteiger partial charge in [-0.1, -0.05) is 74.8 Å². The van der Waals surface area contributed by atoms with Crippen LogP contribution in [0.5, 0.6) is 0 Å². The maximum atomic E-state index is 3.54. The van der Waals surface area contributed by atoms with Gasteiger partial charge in [0.05, 0.1) is 0 Å². The summed E-state index contributed by atoms with van der Waals surface area (Å²) in [4.78, 5) is 0. The Kier molecular flexibility index (Phi) is 4.83. The summed E-state index contributed by atoms with van der Waals surface area (Å²) < 4.78 is 0. The smallest absolute Gasteiger partial charge is 0.00395 e. The Hall–Kier alpha value is -0.300. The van der Waals surface area contributed by atoms with Gasteiger partial charge in [-0.15, -0.1) is 0 Å². The van der Waals surface area contributed by atoms with Gasteiger partial charge in [0.2, 0.25) is 0 Å². The van der Waals surface area contributed by atoms with Crippen molar-refractivity contribution in [3.05, 3.63) is 35.4 Å². The predicted octanol–water partition coefficient (Wildman–Crippen LogP) is 5.44. The zero-order chi connectivity index (χ0) is 13.1. The molecule has 1 aromatic rings. The summed E-state index contributed by atoms with van der Waals surface area (Å²) in [5.41, 5.74) is 3.43. The molecular formula is C16H25Br. The van der Waals surface area contributed by atoms with E-state index in [1.807, 2.05) is 0 Å². The first-order valence-corrected chi connectivity index (χ1v) is 7.62. The number of hydrogen-bond donors (Lipinski definition) is 0. The third kappa shape index (κ3) is 3.58. The third-order valence-electron chi connectivity index (χ3n) is 4.05. The van der Waals surface area contributed by atoms with Gasteiger partial charge in [0, 0.05) is 5.33 Å². The van der Waals surface area contributed by atoms with Crippen LogP contribution in [-0.4, -0.2) is 5.33 Å². The Morgan fingerprint density at radius 2 is 1.29 bits per heavy atom. The minimum atomic E-state index is 0.262. The number of benzene rings is 1. The van der Waals surface area contributed by atoms with Crippen LogP contribution in [-0.2, 0) is 10.8 Å². The average Bonchev–Trinajstić information content (AvgIpc) is 2.29. The van der Waals surface area contributed by atoms with E-state index in [-0.39, 0.29) is 10.8 Å². The molecule has 1 rings (SSSR count). The van der Waals surface area contributed by atoms with Gasteiger partial charge >= 0.3 is 0 Å². The van der Waals surface area contributed by atoms with E-state index in [2.05, 4.69) is 74.8 Å². The lowest BCUT2D eigenvalue weighted by molar-refractivity contribution is 0.498. The van der Waals surface area contributed by atoms with Crippen molar-refractivity contribution in [2.24, 2.45) is 0 Å². The van der Waals surface area contributed by atoms with E-state index in [1.165, 1.54) is 24.0 Å². The number of hydrogen-bond acceptors (Lipinski definition) is 0. The minimum Gasteiger partial charge on any atom is -0.0928 e. The molecule has 0 aromatic heterocycles. The van der Waals surface area contributed by atoms with Gasteiger partial charge in [-0.3, -0.25) is 0 Å². The first kappa shape index (κ1) is 14.8. The number of halogens is 1. The molecule has 0 aliphatic heterocycles. The summed E-state index contributed by atoms with van der Waals surface area (Å²) in [7, 11) is 0. The predicted molar refractivity (Wildman–Crippen MR) is 81.2 cm³/mol. The van der Waals surface area contributed by atoms with Gasteiger partial charge in [-0.2, -0.15) is 0 Å². The maximum Gasteiger partial charge on any atom is 0.00395 e. The summed E-state index contributed by atoms with van der Waals surface area (Å²) in [6, 6.07) is 9.20. The lowest BCUT2D eigenvalue weighted by atomic mass is 9.78. The molecule has 17 heavy (non-hydrogen) atoms. The van der Waals surface area contributed by atoms with Gasteiger partial charge in [0.25, 0.3) is 0 Å². The molecule has 0 atom stereocenters.